The van der Waals surface area contributed by atoms with Gasteiger partial charge in [-0.15, -0.1) is 0 Å². The summed E-state index contributed by atoms with van der Waals surface area (Å²) in [5, 5.41) is 11.9. The fourth-order valence-corrected chi connectivity index (χ4v) is 2.79. The lowest BCUT2D eigenvalue weighted by atomic mass is 10.0. The van der Waals surface area contributed by atoms with E-state index >= 15 is 0 Å². The van der Waals surface area contributed by atoms with E-state index in [1.54, 1.807) is 0 Å². The molecule has 0 unspecified atom stereocenters. The van der Waals surface area contributed by atoms with Crippen LogP contribution in [0.2, 0.25) is 0 Å². The molecule has 0 heterocycles. The summed E-state index contributed by atoms with van der Waals surface area (Å²) < 4.78 is 13.6. The first-order chi connectivity index (χ1) is 9.18. The molecular formula is C15H20FNO2. The maximum atomic E-state index is 13.6. The zero-order chi connectivity index (χ0) is 13.7. The molecule has 1 aliphatic rings. The maximum Gasteiger partial charge on any atom is 0.337 e. The van der Waals surface area contributed by atoms with Crippen molar-refractivity contribution in [3.8, 4) is 0 Å². The monoisotopic (exact) mass is 265 g/mol. The standard InChI is InChI=1S/C15H20FNO2/c16-13-9-3-8-12(15(18)19)14(13)17-10-4-7-11-5-1-2-6-11/h3,8-9,11,17H,1-2,4-7,10H2,(H,18,19). The van der Waals surface area contributed by atoms with Crippen LogP contribution in [-0.4, -0.2) is 17.6 Å². The van der Waals surface area contributed by atoms with Crippen molar-refractivity contribution in [1.29, 1.82) is 0 Å². The van der Waals surface area contributed by atoms with Gasteiger partial charge in [0.05, 0.1) is 11.3 Å². The second-order valence-electron chi connectivity index (χ2n) is 5.19. The number of carboxylic acids is 1. The summed E-state index contributed by atoms with van der Waals surface area (Å²) in [6, 6.07) is 4.12. The molecule has 4 heteroatoms. The third kappa shape index (κ3) is 3.69. The van der Waals surface area contributed by atoms with Gasteiger partial charge in [0.25, 0.3) is 0 Å². The Morgan fingerprint density at radius 2 is 2.11 bits per heavy atom. The molecule has 0 aliphatic heterocycles. The molecule has 3 nitrogen and oxygen atoms in total. The first kappa shape index (κ1) is 13.8. The number of carboxylic acid groups (broad SMARTS) is 1. The molecule has 104 valence electrons. The minimum Gasteiger partial charge on any atom is -0.478 e. The number of rotatable bonds is 6. The van der Waals surface area contributed by atoms with Gasteiger partial charge in [-0.25, -0.2) is 9.18 Å². The first-order valence-electron chi connectivity index (χ1n) is 6.94. The van der Waals surface area contributed by atoms with Gasteiger partial charge in [0.2, 0.25) is 0 Å². The van der Waals surface area contributed by atoms with Crippen LogP contribution in [0.3, 0.4) is 0 Å². The molecule has 0 amide bonds. The zero-order valence-corrected chi connectivity index (χ0v) is 11.0. The van der Waals surface area contributed by atoms with Crippen LogP contribution in [0.15, 0.2) is 18.2 Å². The highest BCUT2D eigenvalue weighted by molar-refractivity contribution is 5.94. The summed E-state index contributed by atoms with van der Waals surface area (Å²) in [5.41, 5.74) is 0.113. The largest absolute Gasteiger partial charge is 0.478 e. The average Bonchev–Trinajstić information content (AvgIpc) is 2.88. The molecule has 0 atom stereocenters. The van der Waals surface area contributed by atoms with Crippen LogP contribution in [0.1, 0.15) is 48.9 Å². The number of benzene rings is 1. The molecule has 1 saturated carbocycles. The molecule has 0 saturated heterocycles. The Hall–Kier alpha value is -1.58. The topological polar surface area (TPSA) is 49.3 Å². The van der Waals surface area contributed by atoms with Gasteiger partial charge >= 0.3 is 5.97 Å². The summed E-state index contributed by atoms with van der Waals surface area (Å²) in [7, 11) is 0. The van der Waals surface area contributed by atoms with E-state index in [2.05, 4.69) is 5.32 Å². The van der Waals surface area contributed by atoms with Gasteiger partial charge in [0.15, 0.2) is 0 Å². The Kier molecular flexibility index (Phi) is 4.77. The van der Waals surface area contributed by atoms with Gasteiger partial charge in [-0.3, -0.25) is 0 Å². The van der Waals surface area contributed by atoms with E-state index in [0.717, 1.165) is 18.8 Å². The molecule has 1 aliphatic carbocycles. The number of nitrogens with one attached hydrogen (secondary N) is 1. The van der Waals surface area contributed by atoms with E-state index in [-0.39, 0.29) is 11.3 Å². The van der Waals surface area contributed by atoms with E-state index in [4.69, 9.17) is 5.11 Å². The van der Waals surface area contributed by atoms with Gasteiger partial charge in [0, 0.05) is 6.54 Å². The van der Waals surface area contributed by atoms with Crippen molar-refractivity contribution in [2.75, 3.05) is 11.9 Å². The maximum absolute atomic E-state index is 13.6. The Bertz CT molecular complexity index is 442. The first-order valence-corrected chi connectivity index (χ1v) is 6.94. The zero-order valence-electron chi connectivity index (χ0n) is 11.0. The lowest BCUT2D eigenvalue weighted by Crippen LogP contribution is -2.10. The van der Waals surface area contributed by atoms with Crippen molar-refractivity contribution in [2.24, 2.45) is 5.92 Å². The van der Waals surface area contributed by atoms with Crippen molar-refractivity contribution >= 4 is 11.7 Å². The summed E-state index contributed by atoms with van der Waals surface area (Å²) >= 11 is 0. The van der Waals surface area contributed by atoms with Gasteiger partial charge in [-0.05, 0) is 30.9 Å². The lowest BCUT2D eigenvalue weighted by Gasteiger charge is -2.12. The van der Waals surface area contributed by atoms with E-state index < -0.39 is 11.8 Å². The summed E-state index contributed by atoms with van der Waals surface area (Å²) in [4.78, 5) is 11.0. The number of halogens is 1. The summed E-state index contributed by atoms with van der Waals surface area (Å²) in [6.45, 7) is 0.623. The molecule has 0 aromatic heterocycles. The molecule has 0 spiro atoms. The fraction of sp³-hybridized carbons (Fsp3) is 0.533. The highest BCUT2D eigenvalue weighted by atomic mass is 19.1. The minimum absolute atomic E-state index is 0.000802. The van der Waals surface area contributed by atoms with Crippen LogP contribution in [-0.2, 0) is 0 Å². The molecule has 1 aromatic rings. The van der Waals surface area contributed by atoms with E-state index in [1.165, 1.54) is 43.9 Å². The molecular weight excluding hydrogens is 245 g/mol. The van der Waals surface area contributed by atoms with Gasteiger partial charge < -0.3 is 10.4 Å². The van der Waals surface area contributed by atoms with Gasteiger partial charge in [-0.1, -0.05) is 31.7 Å². The second-order valence-corrected chi connectivity index (χ2v) is 5.19. The Balaban J connectivity index is 1.86. The Morgan fingerprint density at radius 3 is 2.79 bits per heavy atom. The van der Waals surface area contributed by atoms with E-state index in [1.807, 2.05) is 0 Å². The normalized spacial score (nSPS) is 15.6. The number of anilines is 1. The van der Waals surface area contributed by atoms with Gasteiger partial charge in [-0.2, -0.15) is 0 Å². The average molecular weight is 265 g/mol. The van der Waals surface area contributed by atoms with E-state index in [9.17, 15) is 9.18 Å². The molecule has 2 N–H and O–H groups in total. The van der Waals surface area contributed by atoms with Crippen LogP contribution < -0.4 is 5.32 Å². The van der Waals surface area contributed by atoms with Gasteiger partial charge in [0.1, 0.15) is 5.82 Å². The molecule has 1 fully saturated rings. The number of para-hydroxylation sites is 1. The van der Waals surface area contributed by atoms with Crippen LogP contribution in [0, 0.1) is 11.7 Å². The predicted molar refractivity (Wildman–Crippen MR) is 73.0 cm³/mol. The summed E-state index contributed by atoms with van der Waals surface area (Å²) in [5.74, 6) is -0.792. The van der Waals surface area contributed by atoms with Crippen molar-refractivity contribution in [2.45, 2.75) is 38.5 Å². The second kappa shape index (κ2) is 6.55. The highest BCUT2D eigenvalue weighted by Gasteiger charge is 2.15. The summed E-state index contributed by atoms with van der Waals surface area (Å²) in [6.07, 6.45) is 7.37. The number of carbonyl (C=O) groups is 1. The molecule has 1 aromatic carbocycles. The number of aromatic carboxylic acids is 1. The fourth-order valence-electron chi connectivity index (χ4n) is 2.79. The van der Waals surface area contributed by atoms with Crippen molar-refractivity contribution in [3.63, 3.8) is 0 Å². The molecule has 2 rings (SSSR count). The molecule has 0 bridgehead atoms. The molecule has 0 radical (unpaired) electrons. The SMILES string of the molecule is O=C(O)c1cccc(F)c1NCCCC1CCCC1. The van der Waals surface area contributed by atoms with Crippen LogP contribution in [0.25, 0.3) is 0 Å². The third-order valence-electron chi connectivity index (χ3n) is 3.81. The quantitative estimate of drug-likeness (QED) is 0.767. The highest BCUT2D eigenvalue weighted by Crippen LogP contribution is 2.28. The van der Waals surface area contributed by atoms with Crippen LogP contribution in [0.4, 0.5) is 10.1 Å². The van der Waals surface area contributed by atoms with Crippen molar-refractivity contribution in [3.05, 3.63) is 29.6 Å². The lowest BCUT2D eigenvalue weighted by molar-refractivity contribution is 0.0697. The number of hydrogen-bond donors (Lipinski definition) is 2. The van der Waals surface area contributed by atoms with Crippen LogP contribution >= 0.6 is 0 Å². The number of hydrogen-bond acceptors (Lipinski definition) is 2. The van der Waals surface area contributed by atoms with Crippen molar-refractivity contribution in [1.82, 2.24) is 0 Å². The smallest absolute Gasteiger partial charge is 0.337 e. The minimum atomic E-state index is -1.10. The Labute approximate surface area is 112 Å². The molecule has 19 heavy (non-hydrogen) atoms. The van der Waals surface area contributed by atoms with Crippen LogP contribution in [0.5, 0.6) is 0 Å². The Morgan fingerprint density at radius 1 is 1.37 bits per heavy atom. The predicted octanol–water partition coefficient (Wildman–Crippen LogP) is 3.91. The van der Waals surface area contributed by atoms with Crippen molar-refractivity contribution < 1.29 is 14.3 Å². The van der Waals surface area contributed by atoms with E-state index in [0.29, 0.717) is 6.54 Å². The third-order valence-corrected chi connectivity index (χ3v) is 3.81.